The lowest BCUT2D eigenvalue weighted by atomic mass is 9.76. The third-order valence-electron chi connectivity index (χ3n) is 6.01. The Morgan fingerprint density at radius 1 is 1.00 bits per heavy atom. The summed E-state index contributed by atoms with van der Waals surface area (Å²) in [6.07, 6.45) is -2.60. The van der Waals surface area contributed by atoms with Crippen molar-refractivity contribution in [2.75, 3.05) is 11.4 Å². The zero-order chi connectivity index (χ0) is 24.7. The zero-order valence-electron chi connectivity index (χ0n) is 18.0. The molecule has 0 aliphatic carbocycles. The fourth-order valence-electron chi connectivity index (χ4n) is 4.56. The lowest BCUT2D eigenvalue weighted by molar-refractivity contribution is -0.605. The molecule has 0 spiro atoms. The van der Waals surface area contributed by atoms with Crippen LogP contribution < -0.4 is 9.63 Å². The molecule has 0 N–H and O–H groups in total. The minimum absolute atomic E-state index is 0.0353. The second kappa shape index (κ2) is 8.58. The van der Waals surface area contributed by atoms with Gasteiger partial charge in [0, 0.05) is 17.7 Å². The van der Waals surface area contributed by atoms with Crippen molar-refractivity contribution in [3.8, 4) is 0 Å². The van der Waals surface area contributed by atoms with Gasteiger partial charge in [0.2, 0.25) is 0 Å². The fraction of sp³-hybridized carbons (Fsp3) is 0.250. The minimum atomic E-state index is -4.81. The first-order chi connectivity index (χ1) is 16.1. The highest BCUT2D eigenvalue weighted by Gasteiger charge is 2.54. The van der Waals surface area contributed by atoms with Gasteiger partial charge in [-0.2, -0.15) is 17.9 Å². The largest absolute Gasteiger partial charge is 0.619 e. The third-order valence-corrected chi connectivity index (χ3v) is 6.01. The summed E-state index contributed by atoms with van der Waals surface area (Å²) < 4.78 is 71.7. The Kier molecular flexibility index (Phi) is 5.93. The summed E-state index contributed by atoms with van der Waals surface area (Å²) in [6.45, 7) is -0.395. The number of alkyl halides is 3. The SMILES string of the molecule is CCC1(c2ccccc2)c2c(ccc(F)c2F)N(Cc2cc[n+]([O-])cc2)C(=O)N1CC(F)(F)F. The molecule has 178 valence electrons. The Balaban J connectivity index is 2.01. The van der Waals surface area contributed by atoms with Crippen LogP contribution in [0.5, 0.6) is 0 Å². The van der Waals surface area contributed by atoms with Crippen LogP contribution >= 0.6 is 0 Å². The predicted octanol–water partition coefficient (Wildman–Crippen LogP) is 5.26. The normalized spacial score (nSPS) is 18.2. The molecule has 0 saturated carbocycles. The van der Waals surface area contributed by atoms with E-state index in [0.29, 0.717) is 15.2 Å². The van der Waals surface area contributed by atoms with Crippen molar-refractivity contribution in [2.45, 2.75) is 31.6 Å². The number of nitrogens with zero attached hydrogens (tertiary/aromatic N) is 3. The number of hydrogen-bond acceptors (Lipinski definition) is 2. The van der Waals surface area contributed by atoms with Crippen LogP contribution in [-0.2, 0) is 12.1 Å². The Labute approximate surface area is 192 Å². The molecule has 0 saturated heterocycles. The molecule has 0 radical (unpaired) electrons. The van der Waals surface area contributed by atoms with E-state index in [4.69, 9.17) is 0 Å². The van der Waals surface area contributed by atoms with Crippen LogP contribution in [0.3, 0.4) is 0 Å². The molecule has 1 unspecified atom stereocenters. The first-order valence-electron chi connectivity index (χ1n) is 10.5. The third kappa shape index (κ3) is 3.93. The number of urea groups is 1. The van der Waals surface area contributed by atoms with Gasteiger partial charge in [-0.3, -0.25) is 4.90 Å². The number of rotatable bonds is 5. The van der Waals surface area contributed by atoms with Crippen molar-refractivity contribution in [1.29, 1.82) is 0 Å². The van der Waals surface area contributed by atoms with Gasteiger partial charge < -0.3 is 10.1 Å². The van der Waals surface area contributed by atoms with Gasteiger partial charge in [-0.25, -0.2) is 13.6 Å². The van der Waals surface area contributed by atoms with Crippen molar-refractivity contribution in [2.24, 2.45) is 0 Å². The van der Waals surface area contributed by atoms with Crippen LogP contribution in [0.4, 0.5) is 32.4 Å². The summed E-state index contributed by atoms with van der Waals surface area (Å²) in [4.78, 5) is 15.2. The van der Waals surface area contributed by atoms with Crippen LogP contribution in [0.15, 0.2) is 67.0 Å². The standard InChI is InChI=1S/C24H20F5N3O2/c1-2-23(17-6-4-3-5-7-17)20-19(9-8-18(25)21(20)26)31(14-16-10-12-30(34)13-11-16)22(33)32(23)15-24(27,28)29/h3-13H,2,14-15H2,1H3. The minimum Gasteiger partial charge on any atom is -0.619 e. The molecule has 2 aromatic carbocycles. The quantitative estimate of drug-likeness (QED) is 0.286. The number of hydrogen-bond donors (Lipinski definition) is 0. The van der Waals surface area contributed by atoms with E-state index in [2.05, 4.69) is 0 Å². The number of benzene rings is 2. The maximum atomic E-state index is 15.5. The Bertz CT molecular complexity index is 1200. The summed E-state index contributed by atoms with van der Waals surface area (Å²) in [6, 6.07) is 11.6. The monoisotopic (exact) mass is 477 g/mol. The number of aromatic nitrogens is 1. The summed E-state index contributed by atoms with van der Waals surface area (Å²) >= 11 is 0. The van der Waals surface area contributed by atoms with E-state index < -0.39 is 35.9 Å². The number of carbonyl (C=O) groups is 1. The van der Waals surface area contributed by atoms with Gasteiger partial charge in [0.15, 0.2) is 24.0 Å². The van der Waals surface area contributed by atoms with Gasteiger partial charge in [0.1, 0.15) is 12.1 Å². The molecule has 2 heterocycles. The van der Waals surface area contributed by atoms with Gasteiger partial charge in [0.05, 0.1) is 12.2 Å². The maximum absolute atomic E-state index is 15.5. The Morgan fingerprint density at radius 3 is 2.24 bits per heavy atom. The van der Waals surface area contributed by atoms with Crippen molar-refractivity contribution >= 4 is 11.7 Å². The number of fused-ring (bicyclic) bond motifs is 1. The number of amides is 2. The van der Waals surface area contributed by atoms with Gasteiger partial charge >= 0.3 is 12.2 Å². The van der Waals surface area contributed by atoms with Crippen LogP contribution in [0, 0.1) is 16.8 Å². The molecule has 1 aliphatic rings. The van der Waals surface area contributed by atoms with E-state index in [1.54, 1.807) is 18.2 Å². The average molecular weight is 477 g/mol. The Hall–Kier alpha value is -3.69. The lowest BCUT2D eigenvalue weighted by Gasteiger charge is -2.51. The van der Waals surface area contributed by atoms with Crippen LogP contribution in [0.2, 0.25) is 0 Å². The van der Waals surface area contributed by atoms with E-state index in [1.165, 1.54) is 49.6 Å². The molecular weight excluding hydrogens is 457 g/mol. The van der Waals surface area contributed by atoms with E-state index >= 15 is 4.39 Å². The lowest BCUT2D eigenvalue weighted by Crippen LogP contribution is -2.61. The molecule has 4 rings (SSSR count). The maximum Gasteiger partial charge on any atom is 0.406 e. The number of carbonyl (C=O) groups excluding carboxylic acids is 1. The molecule has 1 atom stereocenters. The van der Waals surface area contributed by atoms with Crippen molar-refractivity contribution in [3.05, 3.63) is 101 Å². The summed E-state index contributed by atoms with van der Waals surface area (Å²) in [7, 11) is 0. The summed E-state index contributed by atoms with van der Waals surface area (Å²) in [5.41, 5.74) is -1.63. The molecule has 1 aliphatic heterocycles. The molecule has 3 aromatic rings. The van der Waals surface area contributed by atoms with Crippen molar-refractivity contribution < 1.29 is 31.5 Å². The smallest absolute Gasteiger partial charge is 0.406 e. The van der Waals surface area contributed by atoms with Gasteiger partial charge in [-0.15, -0.1) is 0 Å². The molecular formula is C24H20F5N3O2. The molecule has 34 heavy (non-hydrogen) atoms. The van der Waals surface area contributed by atoms with Gasteiger partial charge in [0.25, 0.3) is 0 Å². The molecule has 0 bridgehead atoms. The molecule has 5 nitrogen and oxygen atoms in total. The van der Waals surface area contributed by atoms with Crippen molar-refractivity contribution in [3.63, 3.8) is 0 Å². The topological polar surface area (TPSA) is 50.5 Å². The van der Waals surface area contributed by atoms with E-state index in [-0.39, 0.29) is 29.8 Å². The van der Waals surface area contributed by atoms with Gasteiger partial charge in [-0.1, -0.05) is 37.3 Å². The van der Waals surface area contributed by atoms with Crippen molar-refractivity contribution in [1.82, 2.24) is 4.90 Å². The van der Waals surface area contributed by atoms with Gasteiger partial charge in [-0.05, 0) is 29.7 Å². The zero-order valence-corrected chi connectivity index (χ0v) is 18.0. The van der Waals surface area contributed by atoms with E-state index in [9.17, 15) is 27.6 Å². The highest BCUT2D eigenvalue weighted by Crippen LogP contribution is 2.50. The Morgan fingerprint density at radius 2 is 1.65 bits per heavy atom. The first-order valence-corrected chi connectivity index (χ1v) is 10.5. The predicted molar refractivity (Wildman–Crippen MR) is 114 cm³/mol. The second-order valence-electron chi connectivity index (χ2n) is 7.97. The van der Waals surface area contributed by atoms with E-state index in [0.717, 1.165) is 11.0 Å². The van der Waals surface area contributed by atoms with Crippen LogP contribution in [0.1, 0.15) is 30.0 Å². The summed E-state index contributed by atoms with van der Waals surface area (Å²) in [5.74, 6) is -2.56. The van der Waals surface area contributed by atoms with Crippen LogP contribution in [0.25, 0.3) is 0 Å². The van der Waals surface area contributed by atoms with Crippen LogP contribution in [-0.4, -0.2) is 23.7 Å². The first kappa shape index (κ1) is 23.5. The second-order valence-corrected chi connectivity index (χ2v) is 7.97. The number of pyridine rings is 1. The fourth-order valence-corrected chi connectivity index (χ4v) is 4.56. The highest BCUT2D eigenvalue weighted by atomic mass is 19.4. The number of halogens is 5. The number of anilines is 1. The average Bonchev–Trinajstić information content (AvgIpc) is 2.80. The molecule has 2 amide bonds. The summed E-state index contributed by atoms with van der Waals surface area (Å²) in [5, 5.41) is 11.4. The molecule has 1 aromatic heterocycles. The van der Waals surface area contributed by atoms with E-state index in [1.807, 2.05) is 0 Å². The molecule has 10 heteroatoms. The highest BCUT2D eigenvalue weighted by molar-refractivity contribution is 5.97. The molecule has 0 fully saturated rings.